The Bertz CT molecular complexity index is 520. The molecule has 2 aromatic heterocycles. The molecule has 0 aliphatic rings. The molecule has 2 rings (SSSR count). The highest BCUT2D eigenvalue weighted by atomic mass is 16.5. The Kier molecular flexibility index (Phi) is 3.72. The van der Waals surface area contributed by atoms with E-state index in [4.69, 9.17) is 4.74 Å². The van der Waals surface area contributed by atoms with E-state index in [-0.39, 0.29) is 0 Å². The molecule has 0 radical (unpaired) electrons. The second-order valence-electron chi connectivity index (χ2n) is 3.71. The molecule has 5 nitrogen and oxygen atoms in total. The monoisotopic (exact) mass is 244 g/mol. The van der Waals surface area contributed by atoms with Crippen LogP contribution in [0, 0.1) is 0 Å². The van der Waals surface area contributed by atoms with Gasteiger partial charge in [-0.15, -0.1) is 0 Å². The standard InChI is InChI=1S/C13H16N4O/c1-4-11-16-9(8-12(14-2)17-11)13-10(18-3)6-5-7-15-13/h5-8H,4H2,1-3H3,(H,14,16,17). The van der Waals surface area contributed by atoms with Crippen molar-refractivity contribution in [3.05, 3.63) is 30.2 Å². The largest absolute Gasteiger partial charge is 0.494 e. The van der Waals surface area contributed by atoms with Gasteiger partial charge in [-0.3, -0.25) is 4.98 Å². The number of aromatic nitrogens is 3. The molecule has 0 amide bonds. The van der Waals surface area contributed by atoms with Crippen LogP contribution in [0.4, 0.5) is 5.82 Å². The van der Waals surface area contributed by atoms with Crippen LogP contribution >= 0.6 is 0 Å². The van der Waals surface area contributed by atoms with Crippen molar-refractivity contribution in [1.29, 1.82) is 0 Å². The molecule has 0 unspecified atom stereocenters. The van der Waals surface area contributed by atoms with Crippen molar-refractivity contribution in [2.24, 2.45) is 0 Å². The zero-order valence-corrected chi connectivity index (χ0v) is 10.8. The van der Waals surface area contributed by atoms with Gasteiger partial charge in [0.15, 0.2) is 0 Å². The summed E-state index contributed by atoms with van der Waals surface area (Å²) in [5, 5.41) is 3.03. The van der Waals surface area contributed by atoms with Crippen LogP contribution in [-0.2, 0) is 6.42 Å². The number of hydrogen-bond acceptors (Lipinski definition) is 5. The molecule has 0 bridgehead atoms. The van der Waals surface area contributed by atoms with Crippen LogP contribution in [0.25, 0.3) is 11.4 Å². The van der Waals surface area contributed by atoms with Crippen LogP contribution in [0.5, 0.6) is 5.75 Å². The minimum Gasteiger partial charge on any atom is -0.494 e. The molecule has 0 spiro atoms. The Morgan fingerprint density at radius 2 is 2.17 bits per heavy atom. The maximum Gasteiger partial charge on any atom is 0.146 e. The van der Waals surface area contributed by atoms with Crippen LogP contribution in [0.1, 0.15) is 12.7 Å². The Labute approximate surface area is 106 Å². The number of rotatable bonds is 4. The molecule has 0 aromatic carbocycles. The van der Waals surface area contributed by atoms with Gasteiger partial charge in [0, 0.05) is 25.7 Å². The van der Waals surface area contributed by atoms with Crippen LogP contribution in [0.3, 0.4) is 0 Å². The zero-order chi connectivity index (χ0) is 13.0. The molecule has 0 atom stereocenters. The second kappa shape index (κ2) is 5.44. The van der Waals surface area contributed by atoms with E-state index < -0.39 is 0 Å². The summed E-state index contributed by atoms with van der Waals surface area (Å²) in [6, 6.07) is 5.57. The maximum absolute atomic E-state index is 5.30. The number of nitrogens with one attached hydrogen (secondary N) is 1. The van der Waals surface area contributed by atoms with Crippen molar-refractivity contribution in [2.45, 2.75) is 13.3 Å². The fraction of sp³-hybridized carbons (Fsp3) is 0.308. The highest BCUT2D eigenvalue weighted by Crippen LogP contribution is 2.26. The minimum atomic E-state index is 0.709. The van der Waals surface area contributed by atoms with Crippen molar-refractivity contribution in [3.63, 3.8) is 0 Å². The second-order valence-corrected chi connectivity index (χ2v) is 3.71. The van der Waals surface area contributed by atoms with Crippen LogP contribution in [0.15, 0.2) is 24.4 Å². The number of methoxy groups -OCH3 is 1. The Morgan fingerprint density at radius 1 is 1.33 bits per heavy atom. The van der Waals surface area contributed by atoms with E-state index >= 15 is 0 Å². The third-order valence-electron chi connectivity index (χ3n) is 2.58. The lowest BCUT2D eigenvalue weighted by Gasteiger charge is -2.09. The molecule has 0 saturated heterocycles. The molecular weight excluding hydrogens is 228 g/mol. The third-order valence-corrected chi connectivity index (χ3v) is 2.58. The van der Waals surface area contributed by atoms with E-state index in [1.54, 1.807) is 13.3 Å². The molecule has 94 valence electrons. The predicted molar refractivity (Wildman–Crippen MR) is 70.7 cm³/mol. The fourth-order valence-electron chi connectivity index (χ4n) is 1.65. The number of anilines is 1. The van der Waals surface area contributed by atoms with Gasteiger partial charge in [-0.05, 0) is 12.1 Å². The summed E-state index contributed by atoms with van der Waals surface area (Å²) in [6.45, 7) is 2.02. The number of pyridine rings is 1. The molecule has 2 heterocycles. The number of aryl methyl sites for hydroxylation is 1. The van der Waals surface area contributed by atoms with E-state index in [2.05, 4.69) is 20.3 Å². The summed E-state index contributed by atoms with van der Waals surface area (Å²) in [6.07, 6.45) is 2.50. The molecule has 18 heavy (non-hydrogen) atoms. The normalized spacial score (nSPS) is 10.2. The van der Waals surface area contributed by atoms with Gasteiger partial charge in [0.2, 0.25) is 0 Å². The molecule has 5 heteroatoms. The summed E-state index contributed by atoms with van der Waals surface area (Å²) in [7, 11) is 3.46. The van der Waals surface area contributed by atoms with E-state index in [1.165, 1.54) is 0 Å². The minimum absolute atomic E-state index is 0.709. The molecule has 0 fully saturated rings. The van der Waals surface area contributed by atoms with Gasteiger partial charge in [0.1, 0.15) is 23.1 Å². The number of nitrogens with zero attached hydrogens (tertiary/aromatic N) is 3. The summed E-state index contributed by atoms with van der Waals surface area (Å²) < 4.78 is 5.30. The van der Waals surface area contributed by atoms with E-state index in [0.29, 0.717) is 5.75 Å². The van der Waals surface area contributed by atoms with Crippen molar-refractivity contribution < 1.29 is 4.74 Å². The van der Waals surface area contributed by atoms with Crippen LogP contribution in [0.2, 0.25) is 0 Å². The maximum atomic E-state index is 5.30. The van der Waals surface area contributed by atoms with E-state index in [1.807, 2.05) is 32.2 Å². The van der Waals surface area contributed by atoms with Gasteiger partial charge in [0.25, 0.3) is 0 Å². The van der Waals surface area contributed by atoms with Crippen molar-refractivity contribution >= 4 is 5.82 Å². The molecule has 0 saturated carbocycles. The van der Waals surface area contributed by atoms with E-state index in [0.717, 1.165) is 29.5 Å². The molecule has 2 aromatic rings. The average Bonchev–Trinajstić information content (AvgIpc) is 2.46. The number of hydrogen-bond donors (Lipinski definition) is 1. The summed E-state index contributed by atoms with van der Waals surface area (Å²) >= 11 is 0. The topological polar surface area (TPSA) is 59.9 Å². The fourth-order valence-corrected chi connectivity index (χ4v) is 1.65. The molecular formula is C13H16N4O. The molecule has 1 N–H and O–H groups in total. The average molecular weight is 244 g/mol. The van der Waals surface area contributed by atoms with Crippen LogP contribution < -0.4 is 10.1 Å². The van der Waals surface area contributed by atoms with E-state index in [9.17, 15) is 0 Å². The Morgan fingerprint density at radius 3 is 2.83 bits per heavy atom. The van der Waals surface area contributed by atoms with Gasteiger partial charge >= 0.3 is 0 Å². The first-order chi connectivity index (χ1) is 8.78. The van der Waals surface area contributed by atoms with Crippen molar-refractivity contribution in [1.82, 2.24) is 15.0 Å². The highest BCUT2D eigenvalue weighted by molar-refractivity contribution is 5.64. The van der Waals surface area contributed by atoms with Gasteiger partial charge in [0.05, 0.1) is 12.8 Å². The van der Waals surface area contributed by atoms with Crippen LogP contribution in [-0.4, -0.2) is 29.1 Å². The molecule has 0 aliphatic carbocycles. The van der Waals surface area contributed by atoms with Gasteiger partial charge in [-0.25, -0.2) is 9.97 Å². The first-order valence-corrected chi connectivity index (χ1v) is 5.83. The van der Waals surface area contributed by atoms with Crippen molar-refractivity contribution in [3.8, 4) is 17.1 Å². The predicted octanol–water partition coefficient (Wildman–Crippen LogP) is 2.15. The lowest BCUT2D eigenvalue weighted by atomic mass is 10.2. The summed E-state index contributed by atoms with van der Waals surface area (Å²) in [5.74, 6) is 2.27. The lowest BCUT2D eigenvalue weighted by Crippen LogP contribution is -2.02. The first kappa shape index (κ1) is 12.3. The Hall–Kier alpha value is -2.17. The van der Waals surface area contributed by atoms with Gasteiger partial charge < -0.3 is 10.1 Å². The first-order valence-electron chi connectivity index (χ1n) is 5.83. The number of ether oxygens (including phenoxy) is 1. The summed E-state index contributed by atoms with van der Waals surface area (Å²) in [5.41, 5.74) is 1.50. The smallest absolute Gasteiger partial charge is 0.146 e. The highest BCUT2D eigenvalue weighted by Gasteiger charge is 2.10. The van der Waals surface area contributed by atoms with Gasteiger partial charge in [-0.2, -0.15) is 0 Å². The van der Waals surface area contributed by atoms with Crippen molar-refractivity contribution in [2.75, 3.05) is 19.5 Å². The van der Waals surface area contributed by atoms with Gasteiger partial charge in [-0.1, -0.05) is 6.92 Å². The zero-order valence-electron chi connectivity index (χ0n) is 10.8. The molecule has 0 aliphatic heterocycles. The lowest BCUT2D eigenvalue weighted by molar-refractivity contribution is 0.414. The summed E-state index contributed by atoms with van der Waals surface area (Å²) in [4.78, 5) is 13.2. The Balaban J connectivity index is 2.55. The third kappa shape index (κ3) is 2.40. The quantitative estimate of drug-likeness (QED) is 0.893. The SMILES string of the molecule is CCc1nc(NC)cc(-c2ncccc2OC)n1.